The van der Waals surface area contributed by atoms with E-state index in [0.29, 0.717) is 5.02 Å². The van der Waals surface area contributed by atoms with Crippen LogP contribution in [-0.4, -0.2) is 17.6 Å². The maximum Gasteiger partial charge on any atom is 0.216 e. The Hall–Kier alpha value is -1.06. The fourth-order valence-corrected chi connectivity index (χ4v) is 1.17. The Kier molecular flexibility index (Phi) is 3.92. The number of hydrogen-bond acceptors (Lipinski definition) is 2. The number of carbonyl (C=O) groups is 1. The molecule has 1 atom stereocenters. The summed E-state index contributed by atoms with van der Waals surface area (Å²) < 4.78 is 0. The van der Waals surface area contributed by atoms with E-state index in [4.69, 9.17) is 11.6 Å². The van der Waals surface area contributed by atoms with E-state index < -0.39 is 6.10 Å². The molecule has 4 heteroatoms. The molecule has 0 aliphatic carbocycles. The molecular weight excluding hydrogens is 202 g/mol. The second kappa shape index (κ2) is 4.98. The zero-order valence-corrected chi connectivity index (χ0v) is 8.58. The van der Waals surface area contributed by atoms with Gasteiger partial charge in [0.05, 0.1) is 6.10 Å². The van der Waals surface area contributed by atoms with Crippen molar-refractivity contribution < 1.29 is 9.90 Å². The van der Waals surface area contributed by atoms with Crippen molar-refractivity contribution in [3.8, 4) is 0 Å². The number of nitrogens with one attached hydrogen (secondary N) is 1. The minimum absolute atomic E-state index is 0.155. The highest BCUT2D eigenvalue weighted by atomic mass is 35.5. The zero-order chi connectivity index (χ0) is 10.6. The van der Waals surface area contributed by atoms with E-state index in [1.54, 1.807) is 24.3 Å². The van der Waals surface area contributed by atoms with Crippen LogP contribution >= 0.6 is 11.6 Å². The number of aliphatic hydroxyl groups is 1. The lowest BCUT2D eigenvalue weighted by molar-refractivity contribution is -0.119. The fraction of sp³-hybridized carbons (Fsp3) is 0.300. The van der Waals surface area contributed by atoms with Crippen molar-refractivity contribution in [2.75, 3.05) is 6.54 Å². The summed E-state index contributed by atoms with van der Waals surface area (Å²) in [5.74, 6) is -0.155. The SMILES string of the molecule is CC(=O)NC[C@H](O)c1ccc(Cl)cc1. The van der Waals surface area contributed by atoms with Gasteiger partial charge in [0.1, 0.15) is 0 Å². The average Bonchev–Trinajstić information content (AvgIpc) is 2.15. The van der Waals surface area contributed by atoms with Crippen molar-refractivity contribution in [3.63, 3.8) is 0 Å². The Morgan fingerprint density at radius 2 is 2.07 bits per heavy atom. The second-order valence-corrected chi connectivity index (χ2v) is 3.44. The van der Waals surface area contributed by atoms with Gasteiger partial charge in [-0.25, -0.2) is 0 Å². The minimum Gasteiger partial charge on any atom is -0.387 e. The number of amides is 1. The van der Waals surface area contributed by atoms with E-state index in [0.717, 1.165) is 5.56 Å². The Balaban J connectivity index is 2.56. The van der Waals surface area contributed by atoms with Crippen molar-refractivity contribution in [1.29, 1.82) is 0 Å². The van der Waals surface area contributed by atoms with Crippen LogP contribution in [-0.2, 0) is 4.79 Å². The first-order valence-electron chi connectivity index (χ1n) is 4.27. The summed E-state index contributed by atoms with van der Waals surface area (Å²) in [6.45, 7) is 1.63. The van der Waals surface area contributed by atoms with E-state index in [9.17, 15) is 9.90 Å². The lowest BCUT2D eigenvalue weighted by atomic mass is 10.1. The molecule has 1 rings (SSSR count). The molecule has 0 saturated carbocycles. The van der Waals surface area contributed by atoms with Crippen LogP contribution in [0.25, 0.3) is 0 Å². The molecule has 0 fully saturated rings. The van der Waals surface area contributed by atoms with Gasteiger partial charge in [-0.1, -0.05) is 23.7 Å². The third kappa shape index (κ3) is 3.36. The van der Waals surface area contributed by atoms with Crippen molar-refractivity contribution in [3.05, 3.63) is 34.9 Å². The molecule has 3 nitrogen and oxygen atoms in total. The van der Waals surface area contributed by atoms with Crippen molar-refractivity contribution in [2.45, 2.75) is 13.0 Å². The van der Waals surface area contributed by atoms with Crippen molar-refractivity contribution >= 4 is 17.5 Å². The van der Waals surface area contributed by atoms with Gasteiger partial charge >= 0.3 is 0 Å². The molecule has 76 valence electrons. The number of halogens is 1. The second-order valence-electron chi connectivity index (χ2n) is 3.00. The van der Waals surface area contributed by atoms with Gasteiger partial charge < -0.3 is 10.4 Å². The highest BCUT2D eigenvalue weighted by molar-refractivity contribution is 6.30. The fourth-order valence-electron chi connectivity index (χ4n) is 1.04. The van der Waals surface area contributed by atoms with E-state index >= 15 is 0 Å². The predicted octanol–water partition coefficient (Wildman–Crippen LogP) is 1.51. The highest BCUT2D eigenvalue weighted by Crippen LogP contribution is 2.15. The number of hydrogen-bond donors (Lipinski definition) is 2. The maximum atomic E-state index is 10.6. The molecule has 0 aliphatic rings. The molecule has 0 spiro atoms. The van der Waals surface area contributed by atoms with E-state index in [1.807, 2.05) is 0 Å². The van der Waals surface area contributed by atoms with E-state index in [2.05, 4.69) is 5.32 Å². The number of rotatable bonds is 3. The monoisotopic (exact) mass is 213 g/mol. The summed E-state index contributed by atoms with van der Waals surface area (Å²) in [6, 6.07) is 6.87. The van der Waals surface area contributed by atoms with Crippen LogP contribution in [0.1, 0.15) is 18.6 Å². The molecule has 14 heavy (non-hydrogen) atoms. The van der Waals surface area contributed by atoms with Gasteiger partial charge in [-0.15, -0.1) is 0 Å². The third-order valence-corrected chi connectivity index (χ3v) is 2.05. The first-order chi connectivity index (χ1) is 6.59. The average molecular weight is 214 g/mol. The van der Waals surface area contributed by atoms with Crippen LogP contribution in [0.2, 0.25) is 5.02 Å². The molecule has 1 aromatic rings. The molecular formula is C10H12ClNO2. The van der Waals surface area contributed by atoms with Crippen LogP contribution in [0.3, 0.4) is 0 Å². The smallest absolute Gasteiger partial charge is 0.216 e. The normalized spacial score (nSPS) is 12.2. The molecule has 0 aliphatic heterocycles. The Morgan fingerprint density at radius 3 is 2.57 bits per heavy atom. The first-order valence-corrected chi connectivity index (χ1v) is 4.65. The van der Waals surface area contributed by atoms with Crippen LogP contribution in [0.5, 0.6) is 0 Å². The summed E-state index contributed by atoms with van der Waals surface area (Å²) in [4.78, 5) is 10.6. The van der Waals surface area contributed by atoms with Gasteiger partial charge in [0.25, 0.3) is 0 Å². The predicted molar refractivity (Wildman–Crippen MR) is 55.1 cm³/mol. The number of aliphatic hydroxyl groups excluding tert-OH is 1. The maximum absolute atomic E-state index is 10.6. The standard InChI is InChI=1S/C10H12ClNO2/c1-7(13)12-6-10(14)8-2-4-9(11)5-3-8/h2-5,10,14H,6H2,1H3,(H,12,13)/t10-/m0/s1. The lowest BCUT2D eigenvalue weighted by Crippen LogP contribution is -2.25. The summed E-state index contributed by atoms with van der Waals surface area (Å²) >= 11 is 5.69. The zero-order valence-electron chi connectivity index (χ0n) is 7.83. The van der Waals surface area contributed by atoms with E-state index in [1.165, 1.54) is 6.92 Å². The number of benzene rings is 1. The Bertz CT molecular complexity index is 310. The summed E-state index contributed by atoms with van der Waals surface area (Å²) in [7, 11) is 0. The Morgan fingerprint density at radius 1 is 1.50 bits per heavy atom. The van der Waals surface area contributed by atoms with Crippen LogP contribution in [0, 0.1) is 0 Å². The van der Waals surface area contributed by atoms with E-state index in [-0.39, 0.29) is 12.5 Å². The Labute approximate surface area is 87.7 Å². The topological polar surface area (TPSA) is 49.3 Å². The highest BCUT2D eigenvalue weighted by Gasteiger charge is 2.06. The first kappa shape index (κ1) is 11.0. The molecule has 2 N–H and O–H groups in total. The molecule has 0 saturated heterocycles. The molecule has 1 aromatic carbocycles. The van der Waals surface area contributed by atoms with Gasteiger partial charge in [0.15, 0.2) is 0 Å². The summed E-state index contributed by atoms with van der Waals surface area (Å²) in [6.07, 6.45) is -0.684. The van der Waals surface area contributed by atoms with Gasteiger partial charge in [0, 0.05) is 18.5 Å². The van der Waals surface area contributed by atoms with Gasteiger partial charge in [0.2, 0.25) is 5.91 Å². The van der Waals surface area contributed by atoms with Gasteiger partial charge in [-0.2, -0.15) is 0 Å². The van der Waals surface area contributed by atoms with Crippen molar-refractivity contribution in [1.82, 2.24) is 5.32 Å². The largest absolute Gasteiger partial charge is 0.387 e. The van der Waals surface area contributed by atoms with Gasteiger partial charge in [-0.3, -0.25) is 4.79 Å². The summed E-state index contributed by atoms with van der Waals surface area (Å²) in [5, 5.41) is 12.8. The van der Waals surface area contributed by atoms with Crippen LogP contribution < -0.4 is 5.32 Å². The molecule has 0 aromatic heterocycles. The van der Waals surface area contributed by atoms with Crippen molar-refractivity contribution in [2.24, 2.45) is 0 Å². The minimum atomic E-state index is -0.684. The molecule has 0 unspecified atom stereocenters. The molecule has 1 amide bonds. The van der Waals surface area contributed by atoms with Crippen LogP contribution in [0.4, 0.5) is 0 Å². The molecule has 0 heterocycles. The quantitative estimate of drug-likeness (QED) is 0.800. The van der Waals surface area contributed by atoms with Crippen LogP contribution in [0.15, 0.2) is 24.3 Å². The lowest BCUT2D eigenvalue weighted by Gasteiger charge is -2.10. The third-order valence-electron chi connectivity index (χ3n) is 1.80. The molecule has 0 bridgehead atoms. The molecule has 0 radical (unpaired) electrons. The number of carbonyl (C=O) groups excluding carboxylic acids is 1. The van der Waals surface area contributed by atoms with Gasteiger partial charge in [-0.05, 0) is 17.7 Å². The summed E-state index contributed by atoms with van der Waals surface area (Å²) in [5.41, 5.74) is 0.739.